The van der Waals surface area contributed by atoms with Crippen molar-refractivity contribution in [3.63, 3.8) is 0 Å². The third-order valence-electron chi connectivity index (χ3n) is 2.64. The second kappa shape index (κ2) is 6.75. The van der Waals surface area contributed by atoms with Crippen molar-refractivity contribution >= 4 is 23.2 Å². The van der Waals surface area contributed by atoms with Gasteiger partial charge in [-0.2, -0.15) is 0 Å². The fourth-order valence-corrected chi connectivity index (χ4v) is 2.30. The number of hydrogen-bond acceptors (Lipinski definition) is 3. The molecular weight excluding hydrogens is 285 g/mol. The summed E-state index contributed by atoms with van der Waals surface area (Å²) in [7, 11) is 0. The van der Waals surface area contributed by atoms with Crippen molar-refractivity contribution in [1.82, 2.24) is 4.98 Å². The van der Waals surface area contributed by atoms with E-state index in [1.54, 1.807) is 24.5 Å². The lowest BCUT2D eigenvalue weighted by Gasteiger charge is -2.12. The predicted molar refractivity (Wildman–Crippen MR) is 75.8 cm³/mol. The van der Waals surface area contributed by atoms with Crippen LogP contribution in [0.3, 0.4) is 0 Å². The molecule has 0 saturated heterocycles. The smallest absolute Gasteiger partial charge is 0.143 e. The molecule has 2 aromatic rings. The summed E-state index contributed by atoms with van der Waals surface area (Å²) >= 11 is 11.9. The lowest BCUT2D eigenvalue weighted by atomic mass is 10.2. The van der Waals surface area contributed by atoms with E-state index in [1.165, 1.54) is 0 Å². The van der Waals surface area contributed by atoms with Gasteiger partial charge in [-0.3, -0.25) is 4.98 Å². The van der Waals surface area contributed by atoms with Gasteiger partial charge >= 0.3 is 0 Å². The second-order valence-electron chi connectivity index (χ2n) is 3.99. The van der Waals surface area contributed by atoms with Crippen LogP contribution in [-0.2, 0) is 13.0 Å². The van der Waals surface area contributed by atoms with Crippen molar-refractivity contribution in [2.24, 2.45) is 0 Å². The van der Waals surface area contributed by atoms with Crippen LogP contribution < -0.4 is 4.74 Å². The summed E-state index contributed by atoms with van der Waals surface area (Å²) in [6, 6.07) is 7.11. The Kier molecular flexibility index (Phi) is 5.02. The van der Waals surface area contributed by atoms with Crippen LogP contribution in [0.25, 0.3) is 0 Å². The number of pyridine rings is 1. The second-order valence-corrected chi connectivity index (χ2v) is 4.83. The Morgan fingerprint density at radius 2 is 1.89 bits per heavy atom. The standard InChI is InChI=1S/C14H13Cl2NO2/c15-12-7-11(9-18)14(13(16)8-12)19-6-3-10-1-4-17-5-2-10/h1-2,4-5,7-8,18H,3,6,9H2. The summed E-state index contributed by atoms with van der Waals surface area (Å²) in [6.07, 6.45) is 4.22. The minimum Gasteiger partial charge on any atom is -0.491 e. The van der Waals surface area contributed by atoms with E-state index < -0.39 is 0 Å². The molecule has 0 aliphatic carbocycles. The molecule has 1 aromatic carbocycles. The van der Waals surface area contributed by atoms with Gasteiger partial charge in [0.05, 0.1) is 18.2 Å². The summed E-state index contributed by atoms with van der Waals surface area (Å²) in [5, 5.41) is 10.2. The minimum absolute atomic E-state index is 0.162. The highest BCUT2D eigenvalue weighted by atomic mass is 35.5. The molecule has 0 bridgehead atoms. The zero-order chi connectivity index (χ0) is 13.7. The molecule has 0 radical (unpaired) electrons. The summed E-state index contributed by atoms with van der Waals surface area (Å²) < 4.78 is 5.65. The number of aromatic nitrogens is 1. The quantitative estimate of drug-likeness (QED) is 0.918. The topological polar surface area (TPSA) is 42.4 Å². The maximum Gasteiger partial charge on any atom is 0.143 e. The molecule has 0 aliphatic heterocycles. The van der Waals surface area contributed by atoms with Crippen LogP contribution >= 0.6 is 23.2 Å². The Bertz CT molecular complexity index is 547. The van der Waals surface area contributed by atoms with E-state index in [2.05, 4.69) is 4.98 Å². The van der Waals surface area contributed by atoms with Crippen LogP contribution in [0, 0.1) is 0 Å². The largest absolute Gasteiger partial charge is 0.491 e. The summed E-state index contributed by atoms with van der Waals surface area (Å²) in [4.78, 5) is 3.95. The molecule has 100 valence electrons. The average molecular weight is 298 g/mol. The molecule has 2 rings (SSSR count). The first-order chi connectivity index (χ1) is 9.20. The highest BCUT2D eigenvalue weighted by molar-refractivity contribution is 6.35. The molecular formula is C14H13Cl2NO2. The molecule has 1 N–H and O–H groups in total. The summed E-state index contributed by atoms with van der Waals surface area (Å²) in [5.74, 6) is 0.489. The number of ether oxygens (including phenoxy) is 1. The van der Waals surface area contributed by atoms with E-state index in [1.807, 2.05) is 12.1 Å². The molecule has 19 heavy (non-hydrogen) atoms. The van der Waals surface area contributed by atoms with Gasteiger partial charge in [0.15, 0.2) is 0 Å². The van der Waals surface area contributed by atoms with Gasteiger partial charge in [-0.15, -0.1) is 0 Å². The first kappa shape index (κ1) is 14.1. The van der Waals surface area contributed by atoms with Crippen LogP contribution in [0.15, 0.2) is 36.7 Å². The SMILES string of the molecule is OCc1cc(Cl)cc(Cl)c1OCCc1ccncc1. The van der Waals surface area contributed by atoms with Crippen LogP contribution in [0.1, 0.15) is 11.1 Å². The van der Waals surface area contributed by atoms with E-state index in [-0.39, 0.29) is 6.61 Å². The Hall–Kier alpha value is -1.29. The Morgan fingerprint density at radius 1 is 1.16 bits per heavy atom. The normalized spacial score (nSPS) is 10.5. The lowest BCUT2D eigenvalue weighted by Crippen LogP contribution is -2.04. The summed E-state index contributed by atoms with van der Waals surface area (Å²) in [6.45, 7) is 0.309. The van der Waals surface area contributed by atoms with Gasteiger partial charge in [-0.05, 0) is 29.8 Å². The Balaban J connectivity index is 2.03. The molecule has 0 fully saturated rings. The molecule has 3 nitrogen and oxygen atoms in total. The maximum atomic E-state index is 9.28. The van der Waals surface area contributed by atoms with Crippen molar-refractivity contribution in [2.45, 2.75) is 13.0 Å². The van der Waals surface area contributed by atoms with E-state index in [9.17, 15) is 5.11 Å². The molecule has 0 aliphatic rings. The number of hydrogen-bond donors (Lipinski definition) is 1. The first-order valence-corrected chi connectivity index (χ1v) is 6.57. The number of halogens is 2. The first-order valence-electron chi connectivity index (χ1n) is 5.81. The van der Waals surface area contributed by atoms with E-state index in [0.717, 1.165) is 12.0 Å². The van der Waals surface area contributed by atoms with Gasteiger partial charge in [-0.25, -0.2) is 0 Å². The van der Waals surface area contributed by atoms with Crippen molar-refractivity contribution in [1.29, 1.82) is 0 Å². The van der Waals surface area contributed by atoms with Gasteiger partial charge < -0.3 is 9.84 Å². The third-order valence-corrected chi connectivity index (χ3v) is 3.14. The van der Waals surface area contributed by atoms with Crippen LogP contribution in [0.2, 0.25) is 10.0 Å². The number of aliphatic hydroxyl groups is 1. The van der Waals surface area contributed by atoms with E-state index >= 15 is 0 Å². The van der Waals surface area contributed by atoms with Crippen molar-refractivity contribution < 1.29 is 9.84 Å². The zero-order valence-electron chi connectivity index (χ0n) is 10.1. The van der Waals surface area contributed by atoms with Gasteiger partial charge in [0.25, 0.3) is 0 Å². The highest BCUT2D eigenvalue weighted by Crippen LogP contribution is 2.32. The molecule has 0 saturated carbocycles. The monoisotopic (exact) mass is 297 g/mol. The van der Waals surface area contributed by atoms with Crippen molar-refractivity contribution in [2.75, 3.05) is 6.61 Å². The highest BCUT2D eigenvalue weighted by Gasteiger charge is 2.10. The maximum absolute atomic E-state index is 9.28. The summed E-state index contributed by atoms with van der Waals surface area (Å²) in [5.41, 5.74) is 1.72. The number of nitrogens with zero attached hydrogens (tertiary/aromatic N) is 1. The molecule has 5 heteroatoms. The van der Waals surface area contributed by atoms with Gasteiger partial charge in [0, 0.05) is 29.4 Å². The van der Waals surface area contributed by atoms with E-state index in [4.69, 9.17) is 27.9 Å². The number of rotatable bonds is 5. The molecule has 1 aromatic heterocycles. The van der Waals surface area contributed by atoms with E-state index in [0.29, 0.717) is 28.0 Å². The fourth-order valence-electron chi connectivity index (χ4n) is 1.71. The zero-order valence-corrected chi connectivity index (χ0v) is 11.7. The van der Waals surface area contributed by atoms with Crippen LogP contribution in [0.5, 0.6) is 5.75 Å². The molecule has 0 amide bonds. The van der Waals surface area contributed by atoms with Crippen LogP contribution in [0.4, 0.5) is 0 Å². The Morgan fingerprint density at radius 3 is 2.58 bits per heavy atom. The van der Waals surface area contributed by atoms with Gasteiger partial charge in [-0.1, -0.05) is 23.2 Å². The average Bonchev–Trinajstić information content (AvgIpc) is 2.42. The Labute approximate surface area is 121 Å². The molecule has 0 unspecified atom stereocenters. The van der Waals surface area contributed by atoms with Gasteiger partial charge in [0.2, 0.25) is 0 Å². The molecule has 0 spiro atoms. The van der Waals surface area contributed by atoms with Crippen molar-refractivity contribution in [3.05, 3.63) is 57.8 Å². The minimum atomic E-state index is -0.162. The van der Waals surface area contributed by atoms with Gasteiger partial charge in [0.1, 0.15) is 5.75 Å². The molecule has 0 atom stereocenters. The van der Waals surface area contributed by atoms with Crippen LogP contribution in [-0.4, -0.2) is 16.7 Å². The third kappa shape index (κ3) is 3.83. The number of aliphatic hydroxyl groups excluding tert-OH is 1. The van der Waals surface area contributed by atoms with Crippen molar-refractivity contribution in [3.8, 4) is 5.75 Å². The number of benzene rings is 1. The lowest BCUT2D eigenvalue weighted by molar-refractivity contribution is 0.264. The fraction of sp³-hybridized carbons (Fsp3) is 0.214. The predicted octanol–water partition coefficient (Wildman–Crippen LogP) is 3.50. The molecule has 1 heterocycles.